The molecule has 2 aromatic carbocycles. The minimum atomic E-state index is -0.0762. The summed E-state index contributed by atoms with van der Waals surface area (Å²) >= 11 is 0. The summed E-state index contributed by atoms with van der Waals surface area (Å²) in [6.07, 6.45) is 5.71. The molecule has 0 aliphatic rings. The predicted molar refractivity (Wildman–Crippen MR) is 105 cm³/mol. The first-order valence-corrected chi connectivity index (χ1v) is 8.72. The van der Waals surface area contributed by atoms with Gasteiger partial charge in [-0.05, 0) is 24.1 Å². The van der Waals surface area contributed by atoms with Gasteiger partial charge in [0.05, 0.1) is 6.04 Å². The molecule has 0 aliphatic carbocycles. The van der Waals surface area contributed by atoms with Gasteiger partial charge in [-0.15, -0.1) is 0 Å². The van der Waals surface area contributed by atoms with Gasteiger partial charge in [-0.2, -0.15) is 4.57 Å². The molecule has 0 saturated heterocycles. The average molecular weight is 379 g/mol. The number of halogens is 1. The summed E-state index contributed by atoms with van der Waals surface area (Å²) in [6.45, 7) is 6.55. The van der Waals surface area contributed by atoms with E-state index in [0.29, 0.717) is 12.1 Å². The van der Waals surface area contributed by atoms with Gasteiger partial charge in [0.1, 0.15) is 5.56 Å². The Hall–Kier alpha value is -2.91. The fourth-order valence-corrected chi connectivity index (χ4v) is 2.93. The van der Waals surface area contributed by atoms with Crippen molar-refractivity contribution in [2.75, 3.05) is 0 Å². The number of carbonyl (C=O) groups is 1. The first-order valence-electron chi connectivity index (χ1n) is 8.72. The van der Waals surface area contributed by atoms with E-state index in [1.807, 2.05) is 90.6 Å². The molecular weight excluding hydrogens is 356 g/mol. The topological polar surface area (TPSA) is 33.0 Å². The number of nitrogens with zero attached hydrogens (tertiary/aromatic N) is 1. The lowest BCUT2D eigenvalue weighted by atomic mass is 10.1. The largest absolute Gasteiger partial charge is 1.00 e. The molecule has 138 valence electrons. The highest BCUT2D eigenvalue weighted by atomic mass is 35.5. The van der Waals surface area contributed by atoms with E-state index in [2.05, 4.69) is 18.0 Å². The lowest BCUT2D eigenvalue weighted by Gasteiger charge is -2.13. The molecular formula is C23H23ClN2O. The molecule has 0 spiro atoms. The molecule has 3 aromatic rings. The summed E-state index contributed by atoms with van der Waals surface area (Å²) in [5, 5.41) is 3.06. The fraction of sp³-hybridized carbons (Fsp3) is 0.130. The van der Waals surface area contributed by atoms with E-state index in [0.717, 1.165) is 11.1 Å². The zero-order valence-electron chi connectivity index (χ0n) is 15.3. The molecule has 4 heteroatoms. The van der Waals surface area contributed by atoms with Gasteiger partial charge in [-0.1, -0.05) is 67.3 Å². The maximum Gasteiger partial charge on any atom is 0.257 e. The van der Waals surface area contributed by atoms with Gasteiger partial charge in [-0.25, -0.2) is 0 Å². The molecule has 1 aromatic heterocycles. The second-order valence-electron chi connectivity index (χ2n) is 6.27. The number of hydrogen-bond acceptors (Lipinski definition) is 1. The Bertz CT molecular complexity index is 909. The van der Waals surface area contributed by atoms with Crippen LogP contribution in [0.1, 0.15) is 40.0 Å². The van der Waals surface area contributed by atoms with Crippen LogP contribution in [0.4, 0.5) is 0 Å². The van der Waals surface area contributed by atoms with Crippen LogP contribution in [-0.2, 0) is 6.54 Å². The van der Waals surface area contributed by atoms with Gasteiger partial charge in [0.25, 0.3) is 5.91 Å². The molecule has 0 bridgehead atoms. The molecule has 1 amide bonds. The Morgan fingerprint density at radius 3 is 2.52 bits per heavy atom. The van der Waals surface area contributed by atoms with Crippen LogP contribution in [0.2, 0.25) is 0 Å². The first kappa shape index (κ1) is 20.4. The Morgan fingerprint density at radius 2 is 1.78 bits per heavy atom. The lowest BCUT2D eigenvalue weighted by Crippen LogP contribution is -3.00. The normalized spacial score (nSPS) is 11.1. The number of carbonyl (C=O) groups excluding carboxylic acids is 1. The average Bonchev–Trinajstić information content (AvgIpc) is 2.69. The minimum absolute atomic E-state index is 0. The van der Waals surface area contributed by atoms with E-state index in [4.69, 9.17) is 0 Å². The van der Waals surface area contributed by atoms with Gasteiger partial charge >= 0.3 is 0 Å². The number of aromatic nitrogens is 1. The summed E-state index contributed by atoms with van der Waals surface area (Å²) in [4.78, 5) is 12.6. The van der Waals surface area contributed by atoms with Crippen molar-refractivity contribution >= 4 is 12.0 Å². The fourth-order valence-electron chi connectivity index (χ4n) is 2.93. The van der Waals surface area contributed by atoms with Crippen LogP contribution in [-0.4, -0.2) is 5.91 Å². The number of pyridine rings is 1. The van der Waals surface area contributed by atoms with Crippen LogP contribution in [0.15, 0.2) is 85.7 Å². The lowest BCUT2D eigenvalue weighted by molar-refractivity contribution is -0.688. The second kappa shape index (κ2) is 9.70. The monoisotopic (exact) mass is 378 g/mol. The Labute approximate surface area is 166 Å². The zero-order valence-corrected chi connectivity index (χ0v) is 16.1. The zero-order chi connectivity index (χ0) is 18.4. The summed E-state index contributed by atoms with van der Waals surface area (Å²) in [5.41, 5.74) is 4.01. The van der Waals surface area contributed by atoms with Crippen molar-refractivity contribution in [1.29, 1.82) is 0 Å². The van der Waals surface area contributed by atoms with Crippen molar-refractivity contribution in [3.63, 3.8) is 0 Å². The molecule has 0 fully saturated rings. The van der Waals surface area contributed by atoms with Crippen LogP contribution in [0.25, 0.3) is 6.08 Å². The summed E-state index contributed by atoms with van der Waals surface area (Å²) in [5.74, 6) is -0.0762. The molecule has 0 radical (unpaired) electrons. The quantitative estimate of drug-likeness (QED) is 0.641. The maximum atomic E-state index is 12.6. The Balaban J connectivity index is 0.00000261. The molecule has 3 rings (SSSR count). The molecule has 0 saturated carbocycles. The van der Waals surface area contributed by atoms with Crippen molar-refractivity contribution < 1.29 is 21.8 Å². The third-order valence-electron chi connectivity index (χ3n) is 4.40. The number of rotatable bonds is 6. The third kappa shape index (κ3) is 5.28. The van der Waals surface area contributed by atoms with Crippen molar-refractivity contribution in [3.05, 3.63) is 108 Å². The molecule has 1 atom stereocenters. The maximum absolute atomic E-state index is 12.6. The van der Waals surface area contributed by atoms with Crippen LogP contribution in [0.5, 0.6) is 0 Å². The predicted octanol–water partition coefficient (Wildman–Crippen LogP) is 1.16. The number of hydrogen-bond donors (Lipinski definition) is 1. The van der Waals surface area contributed by atoms with Gasteiger partial charge < -0.3 is 17.7 Å². The second-order valence-corrected chi connectivity index (χ2v) is 6.27. The third-order valence-corrected chi connectivity index (χ3v) is 4.40. The highest BCUT2D eigenvalue weighted by Crippen LogP contribution is 2.12. The molecule has 1 heterocycles. The standard InChI is InChI=1S/C23H22N2O.ClH/c1-3-19-10-7-8-13-21(19)16-25-15-9-14-22(17-25)23(26)24-18(2)20-11-5-4-6-12-20;/h3-15,17-18H,1,16H2,2H3;1H/t18-;/m0./s1. The summed E-state index contributed by atoms with van der Waals surface area (Å²) in [7, 11) is 0. The van der Waals surface area contributed by atoms with Crippen molar-refractivity contribution in [3.8, 4) is 0 Å². The molecule has 27 heavy (non-hydrogen) atoms. The van der Waals surface area contributed by atoms with Crippen LogP contribution >= 0.6 is 0 Å². The van der Waals surface area contributed by atoms with Crippen LogP contribution < -0.4 is 22.3 Å². The van der Waals surface area contributed by atoms with Gasteiger partial charge in [0.15, 0.2) is 18.9 Å². The Kier molecular flexibility index (Phi) is 7.33. The van der Waals surface area contributed by atoms with Crippen LogP contribution in [0.3, 0.4) is 0 Å². The Morgan fingerprint density at radius 1 is 1.07 bits per heavy atom. The van der Waals surface area contributed by atoms with E-state index in [-0.39, 0.29) is 24.4 Å². The molecule has 3 nitrogen and oxygen atoms in total. The van der Waals surface area contributed by atoms with Crippen molar-refractivity contribution in [1.82, 2.24) is 5.32 Å². The summed E-state index contributed by atoms with van der Waals surface area (Å²) in [6, 6.07) is 21.8. The molecule has 0 aliphatic heterocycles. The van der Waals surface area contributed by atoms with Crippen LogP contribution in [0, 0.1) is 0 Å². The van der Waals surface area contributed by atoms with Gasteiger partial charge in [0, 0.05) is 11.6 Å². The van der Waals surface area contributed by atoms with E-state index in [9.17, 15) is 4.79 Å². The number of nitrogens with one attached hydrogen (secondary N) is 1. The molecule has 1 N–H and O–H groups in total. The van der Waals surface area contributed by atoms with E-state index in [1.165, 1.54) is 5.56 Å². The number of amides is 1. The van der Waals surface area contributed by atoms with Gasteiger partial charge in [-0.3, -0.25) is 4.79 Å². The van der Waals surface area contributed by atoms with E-state index in [1.54, 1.807) is 0 Å². The SMILES string of the molecule is C=Cc1ccccc1C[n+]1cccc(C(=O)N[C@@H](C)c2ccccc2)c1.[Cl-]. The highest BCUT2D eigenvalue weighted by molar-refractivity contribution is 5.93. The minimum Gasteiger partial charge on any atom is -1.00 e. The van der Waals surface area contributed by atoms with Crippen molar-refractivity contribution in [2.24, 2.45) is 0 Å². The first-order chi connectivity index (χ1) is 12.7. The van der Waals surface area contributed by atoms with Crippen molar-refractivity contribution in [2.45, 2.75) is 19.5 Å². The highest BCUT2D eigenvalue weighted by Gasteiger charge is 2.15. The van der Waals surface area contributed by atoms with E-state index >= 15 is 0 Å². The number of benzene rings is 2. The smallest absolute Gasteiger partial charge is 0.257 e. The van der Waals surface area contributed by atoms with Gasteiger partial charge in [0.2, 0.25) is 0 Å². The van der Waals surface area contributed by atoms with E-state index < -0.39 is 0 Å². The molecule has 0 unspecified atom stereocenters. The summed E-state index contributed by atoms with van der Waals surface area (Å²) < 4.78 is 2.02.